The summed E-state index contributed by atoms with van der Waals surface area (Å²) >= 11 is 0. The fourth-order valence-electron chi connectivity index (χ4n) is 2.66. The van der Waals surface area contributed by atoms with Crippen molar-refractivity contribution < 1.29 is 4.79 Å². The molecular formula is C19H16N6O. The Morgan fingerprint density at radius 2 is 2.12 bits per heavy atom. The zero-order chi connectivity index (χ0) is 17.9. The van der Waals surface area contributed by atoms with Crippen LogP contribution in [0.1, 0.15) is 22.8 Å². The number of nitrogens with one attached hydrogen (secondary N) is 2. The summed E-state index contributed by atoms with van der Waals surface area (Å²) in [4.78, 5) is 32.2. The van der Waals surface area contributed by atoms with Crippen LogP contribution in [0.4, 0.5) is 5.82 Å². The number of anilines is 1. The van der Waals surface area contributed by atoms with E-state index >= 15 is 0 Å². The average molecular weight is 344 g/mol. The van der Waals surface area contributed by atoms with Crippen molar-refractivity contribution in [1.82, 2.24) is 24.9 Å². The highest BCUT2D eigenvalue weighted by Gasteiger charge is 2.12. The van der Waals surface area contributed by atoms with E-state index in [9.17, 15) is 4.79 Å². The highest BCUT2D eigenvalue weighted by atomic mass is 16.1. The van der Waals surface area contributed by atoms with Crippen LogP contribution in [0, 0.1) is 0 Å². The molecule has 0 unspecified atom stereocenters. The van der Waals surface area contributed by atoms with Crippen LogP contribution in [-0.2, 0) is 6.54 Å². The number of ketones is 1. The molecule has 4 rings (SSSR count). The SMILES string of the molecule is CC(=O)c1cccc(-c2nc(NCc3cccnc3)c3[nH]cnc3n2)c1. The van der Waals surface area contributed by atoms with E-state index in [1.807, 2.05) is 24.3 Å². The quantitative estimate of drug-likeness (QED) is 0.540. The number of carbonyl (C=O) groups excluding carboxylic acids is 1. The maximum atomic E-state index is 11.6. The van der Waals surface area contributed by atoms with Crippen LogP contribution in [-0.4, -0.2) is 30.7 Å². The molecule has 7 heteroatoms. The van der Waals surface area contributed by atoms with E-state index in [-0.39, 0.29) is 5.78 Å². The molecule has 0 amide bonds. The second-order valence-corrected chi connectivity index (χ2v) is 5.85. The van der Waals surface area contributed by atoms with Gasteiger partial charge in [-0.15, -0.1) is 0 Å². The number of Topliss-reactive ketones (excluding diaryl/α,β-unsaturated/α-hetero) is 1. The van der Waals surface area contributed by atoms with Gasteiger partial charge in [0.1, 0.15) is 5.52 Å². The van der Waals surface area contributed by atoms with Crippen LogP contribution in [0.5, 0.6) is 0 Å². The molecule has 0 aliphatic carbocycles. The summed E-state index contributed by atoms with van der Waals surface area (Å²) in [7, 11) is 0. The number of aromatic nitrogens is 5. The highest BCUT2D eigenvalue weighted by Crippen LogP contribution is 2.24. The minimum Gasteiger partial charge on any atom is -0.364 e. The van der Waals surface area contributed by atoms with Crippen molar-refractivity contribution in [3.63, 3.8) is 0 Å². The Hall–Kier alpha value is -3.61. The van der Waals surface area contributed by atoms with Crippen LogP contribution in [0.3, 0.4) is 0 Å². The van der Waals surface area contributed by atoms with E-state index < -0.39 is 0 Å². The molecule has 0 saturated heterocycles. The molecule has 0 atom stereocenters. The Balaban J connectivity index is 1.73. The molecule has 7 nitrogen and oxygen atoms in total. The van der Waals surface area contributed by atoms with E-state index in [4.69, 9.17) is 0 Å². The second-order valence-electron chi connectivity index (χ2n) is 5.85. The molecule has 0 aliphatic heterocycles. The second kappa shape index (κ2) is 6.72. The van der Waals surface area contributed by atoms with Crippen LogP contribution in [0.2, 0.25) is 0 Å². The third-order valence-corrected chi connectivity index (χ3v) is 4.00. The number of aromatic amines is 1. The number of rotatable bonds is 5. The molecule has 0 fully saturated rings. The van der Waals surface area contributed by atoms with Crippen molar-refractivity contribution in [3.05, 3.63) is 66.2 Å². The highest BCUT2D eigenvalue weighted by molar-refractivity contribution is 5.95. The Kier molecular flexibility index (Phi) is 4.10. The van der Waals surface area contributed by atoms with E-state index in [2.05, 4.69) is 30.2 Å². The molecule has 26 heavy (non-hydrogen) atoms. The zero-order valence-corrected chi connectivity index (χ0v) is 14.1. The van der Waals surface area contributed by atoms with Gasteiger partial charge in [0.05, 0.1) is 6.33 Å². The third kappa shape index (κ3) is 3.14. The number of H-pyrrole nitrogens is 1. The van der Waals surface area contributed by atoms with E-state index in [1.165, 1.54) is 6.92 Å². The van der Waals surface area contributed by atoms with Crippen molar-refractivity contribution >= 4 is 22.8 Å². The number of fused-ring (bicyclic) bond motifs is 1. The van der Waals surface area contributed by atoms with Gasteiger partial charge in [0, 0.05) is 30.1 Å². The molecule has 0 saturated carbocycles. The molecule has 1 aromatic carbocycles. The fourth-order valence-corrected chi connectivity index (χ4v) is 2.66. The van der Waals surface area contributed by atoms with Gasteiger partial charge in [-0.05, 0) is 24.6 Å². The Morgan fingerprint density at radius 3 is 2.92 bits per heavy atom. The summed E-state index contributed by atoms with van der Waals surface area (Å²) in [5.74, 6) is 1.17. The maximum Gasteiger partial charge on any atom is 0.183 e. The summed E-state index contributed by atoms with van der Waals surface area (Å²) in [6.45, 7) is 2.11. The van der Waals surface area contributed by atoms with Gasteiger partial charge in [-0.1, -0.05) is 24.3 Å². The molecule has 4 aromatic rings. The minimum atomic E-state index is 0.00243. The van der Waals surface area contributed by atoms with Crippen molar-refractivity contribution in [3.8, 4) is 11.4 Å². The van der Waals surface area contributed by atoms with Crippen LogP contribution in [0.15, 0.2) is 55.1 Å². The summed E-state index contributed by atoms with van der Waals surface area (Å²) < 4.78 is 0. The fraction of sp³-hybridized carbons (Fsp3) is 0.105. The maximum absolute atomic E-state index is 11.6. The van der Waals surface area contributed by atoms with Gasteiger partial charge in [0.15, 0.2) is 23.1 Å². The Morgan fingerprint density at radius 1 is 1.19 bits per heavy atom. The number of hydrogen-bond acceptors (Lipinski definition) is 6. The van der Waals surface area contributed by atoms with Gasteiger partial charge in [-0.25, -0.2) is 15.0 Å². The first kappa shape index (κ1) is 15.9. The van der Waals surface area contributed by atoms with Gasteiger partial charge in [-0.2, -0.15) is 0 Å². The first-order valence-electron chi connectivity index (χ1n) is 8.16. The standard InChI is InChI=1S/C19H16N6O/c1-12(26)14-5-2-6-15(8-14)17-24-18(16-19(25-17)23-11-22-16)21-10-13-4-3-7-20-9-13/h2-9,11H,10H2,1H3,(H2,21,22,23,24,25). The molecular weight excluding hydrogens is 328 g/mol. The summed E-state index contributed by atoms with van der Waals surface area (Å²) in [6.07, 6.45) is 5.13. The molecule has 128 valence electrons. The number of hydrogen-bond donors (Lipinski definition) is 2. The molecule has 3 aromatic heterocycles. The average Bonchev–Trinajstić information content (AvgIpc) is 3.16. The lowest BCUT2D eigenvalue weighted by molar-refractivity contribution is 0.101. The first-order valence-corrected chi connectivity index (χ1v) is 8.16. The van der Waals surface area contributed by atoms with Gasteiger partial charge >= 0.3 is 0 Å². The van der Waals surface area contributed by atoms with Gasteiger partial charge in [-0.3, -0.25) is 9.78 Å². The summed E-state index contributed by atoms with van der Waals surface area (Å²) in [5, 5.41) is 3.31. The van der Waals surface area contributed by atoms with Crippen LogP contribution < -0.4 is 5.32 Å². The molecule has 0 spiro atoms. The molecule has 0 bridgehead atoms. The van der Waals surface area contributed by atoms with Crippen molar-refractivity contribution in [1.29, 1.82) is 0 Å². The summed E-state index contributed by atoms with van der Waals surface area (Å²) in [5.41, 5.74) is 3.74. The lowest BCUT2D eigenvalue weighted by Crippen LogP contribution is -2.04. The van der Waals surface area contributed by atoms with Gasteiger partial charge < -0.3 is 10.3 Å². The Bertz CT molecular complexity index is 1070. The van der Waals surface area contributed by atoms with Crippen LogP contribution >= 0.6 is 0 Å². The number of nitrogens with zero attached hydrogens (tertiary/aromatic N) is 4. The monoisotopic (exact) mass is 344 g/mol. The van der Waals surface area contributed by atoms with E-state index in [0.717, 1.165) is 16.6 Å². The molecule has 3 heterocycles. The largest absolute Gasteiger partial charge is 0.364 e. The Labute approximate surface area is 149 Å². The third-order valence-electron chi connectivity index (χ3n) is 4.00. The topological polar surface area (TPSA) is 96.5 Å². The molecule has 0 aliphatic rings. The zero-order valence-electron chi connectivity index (χ0n) is 14.1. The van der Waals surface area contributed by atoms with Crippen molar-refractivity contribution in [2.24, 2.45) is 0 Å². The predicted octanol–water partition coefficient (Wildman–Crippen LogP) is 3.23. The lowest BCUT2D eigenvalue weighted by atomic mass is 10.1. The van der Waals surface area contributed by atoms with Crippen molar-refractivity contribution in [2.75, 3.05) is 5.32 Å². The van der Waals surface area contributed by atoms with Gasteiger partial charge in [0.25, 0.3) is 0 Å². The normalized spacial score (nSPS) is 10.8. The van der Waals surface area contributed by atoms with Crippen molar-refractivity contribution in [2.45, 2.75) is 13.5 Å². The number of benzene rings is 1. The predicted molar refractivity (Wildman–Crippen MR) is 98.7 cm³/mol. The van der Waals surface area contributed by atoms with Gasteiger partial charge in [0.2, 0.25) is 0 Å². The molecule has 2 N–H and O–H groups in total. The number of carbonyl (C=O) groups is 1. The smallest absolute Gasteiger partial charge is 0.183 e. The minimum absolute atomic E-state index is 0.00243. The molecule has 0 radical (unpaired) electrons. The van der Waals surface area contributed by atoms with E-state index in [0.29, 0.717) is 29.4 Å². The van der Waals surface area contributed by atoms with E-state index in [1.54, 1.807) is 30.9 Å². The number of pyridine rings is 1. The lowest BCUT2D eigenvalue weighted by Gasteiger charge is -2.09. The number of imidazole rings is 1. The van der Waals surface area contributed by atoms with Crippen LogP contribution in [0.25, 0.3) is 22.6 Å². The first-order chi connectivity index (χ1) is 12.7. The summed E-state index contributed by atoms with van der Waals surface area (Å²) in [6, 6.07) is 11.2.